The van der Waals surface area contributed by atoms with Gasteiger partial charge in [0.2, 0.25) is 0 Å². The van der Waals surface area contributed by atoms with Crippen LogP contribution in [0.1, 0.15) is 46.5 Å². The maximum absolute atomic E-state index is 12.8. The SMILES string of the molecule is CCN(CC)CCN(C)C(=O)c1sc(-c2cccc(C(C)=O)c2)nc1C. The molecule has 1 aromatic carbocycles. The van der Waals surface area contributed by atoms with E-state index in [1.54, 1.807) is 17.9 Å². The van der Waals surface area contributed by atoms with Crippen molar-refractivity contribution in [2.45, 2.75) is 27.7 Å². The van der Waals surface area contributed by atoms with Crippen LogP contribution in [0.15, 0.2) is 24.3 Å². The first kappa shape index (κ1) is 20.3. The van der Waals surface area contributed by atoms with Crippen molar-refractivity contribution < 1.29 is 9.59 Å². The first-order chi connectivity index (χ1) is 12.4. The van der Waals surface area contributed by atoms with Crippen LogP contribution in [0.25, 0.3) is 10.6 Å². The number of hydrogen-bond acceptors (Lipinski definition) is 5. The number of rotatable bonds is 8. The largest absolute Gasteiger partial charge is 0.340 e. The molecule has 0 aliphatic rings. The number of nitrogens with zero attached hydrogens (tertiary/aromatic N) is 3. The van der Waals surface area contributed by atoms with E-state index in [-0.39, 0.29) is 11.7 Å². The van der Waals surface area contributed by atoms with Crippen LogP contribution in [0.2, 0.25) is 0 Å². The van der Waals surface area contributed by atoms with Crippen LogP contribution < -0.4 is 0 Å². The predicted molar refractivity (Wildman–Crippen MR) is 107 cm³/mol. The van der Waals surface area contributed by atoms with Crippen molar-refractivity contribution in [1.82, 2.24) is 14.8 Å². The Balaban J connectivity index is 2.17. The van der Waals surface area contributed by atoms with Crippen molar-refractivity contribution in [1.29, 1.82) is 0 Å². The Morgan fingerprint density at radius 3 is 2.46 bits per heavy atom. The minimum Gasteiger partial charge on any atom is -0.340 e. The van der Waals surface area contributed by atoms with Gasteiger partial charge in [0.05, 0.1) is 5.69 Å². The molecule has 1 aromatic heterocycles. The first-order valence-electron chi connectivity index (χ1n) is 8.94. The molecule has 140 valence electrons. The minimum atomic E-state index is 0.00105. The van der Waals surface area contributed by atoms with Crippen molar-refractivity contribution in [3.8, 4) is 10.6 Å². The van der Waals surface area contributed by atoms with Crippen LogP contribution in [0, 0.1) is 6.92 Å². The van der Waals surface area contributed by atoms with Crippen LogP contribution in [-0.4, -0.2) is 59.7 Å². The topological polar surface area (TPSA) is 53.5 Å². The van der Waals surface area contributed by atoms with E-state index in [0.717, 1.165) is 35.9 Å². The summed E-state index contributed by atoms with van der Waals surface area (Å²) in [4.78, 5) is 33.7. The predicted octanol–water partition coefficient (Wildman–Crippen LogP) is 3.73. The summed E-state index contributed by atoms with van der Waals surface area (Å²) in [5.74, 6) is 0.0219. The molecular weight excluding hydrogens is 346 g/mol. The lowest BCUT2D eigenvalue weighted by Gasteiger charge is -2.22. The van der Waals surface area contributed by atoms with Crippen molar-refractivity contribution in [3.05, 3.63) is 40.4 Å². The average molecular weight is 374 g/mol. The molecule has 6 heteroatoms. The second-order valence-corrected chi connectivity index (χ2v) is 7.32. The third kappa shape index (κ3) is 4.77. The molecule has 0 spiro atoms. The Hall–Kier alpha value is -2.05. The summed E-state index contributed by atoms with van der Waals surface area (Å²) in [6.07, 6.45) is 0. The molecule has 0 saturated carbocycles. The van der Waals surface area contributed by atoms with Crippen molar-refractivity contribution >= 4 is 23.0 Å². The molecule has 0 aliphatic heterocycles. The molecular formula is C20H27N3O2S. The highest BCUT2D eigenvalue weighted by atomic mass is 32.1. The molecule has 0 radical (unpaired) electrons. The van der Waals surface area contributed by atoms with Gasteiger partial charge in [-0.2, -0.15) is 0 Å². The molecule has 0 bridgehead atoms. The van der Waals surface area contributed by atoms with E-state index in [0.29, 0.717) is 17.0 Å². The summed E-state index contributed by atoms with van der Waals surface area (Å²) < 4.78 is 0. The first-order valence-corrected chi connectivity index (χ1v) is 9.75. The van der Waals surface area contributed by atoms with Gasteiger partial charge in [-0.1, -0.05) is 32.0 Å². The fraction of sp³-hybridized carbons (Fsp3) is 0.450. The number of aromatic nitrogens is 1. The van der Waals surface area contributed by atoms with Gasteiger partial charge in [0.15, 0.2) is 5.78 Å². The van der Waals surface area contributed by atoms with Crippen molar-refractivity contribution in [2.24, 2.45) is 0 Å². The molecule has 0 aliphatic carbocycles. The van der Waals surface area contributed by atoms with Crippen LogP contribution in [-0.2, 0) is 0 Å². The van der Waals surface area contributed by atoms with Gasteiger partial charge >= 0.3 is 0 Å². The van der Waals surface area contributed by atoms with E-state index in [2.05, 4.69) is 23.7 Å². The molecule has 0 saturated heterocycles. The summed E-state index contributed by atoms with van der Waals surface area (Å²) in [5.41, 5.74) is 2.26. The van der Waals surface area contributed by atoms with Gasteiger partial charge in [-0.05, 0) is 33.0 Å². The maximum atomic E-state index is 12.8. The fourth-order valence-corrected chi connectivity index (χ4v) is 3.75. The normalized spacial score (nSPS) is 11.0. The van der Waals surface area contributed by atoms with E-state index in [9.17, 15) is 9.59 Å². The number of hydrogen-bond donors (Lipinski definition) is 0. The van der Waals surface area contributed by atoms with Crippen molar-refractivity contribution in [2.75, 3.05) is 33.2 Å². The van der Waals surface area contributed by atoms with Gasteiger partial charge in [-0.15, -0.1) is 11.3 Å². The summed E-state index contributed by atoms with van der Waals surface area (Å²) in [6, 6.07) is 7.39. The van der Waals surface area contributed by atoms with E-state index in [4.69, 9.17) is 0 Å². The van der Waals surface area contributed by atoms with Crippen molar-refractivity contribution in [3.63, 3.8) is 0 Å². The van der Waals surface area contributed by atoms with Gasteiger partial charge in [0.25, 0.3) is 5.91 Å². The number of amides is 1. The van der Waals surface area contributed by atoms with Crippen LogP contribution in [0.3, 0.4) is 0 Å². The van der Waals surface area contributed by atoms with Gasteiger partial charge in [0, 0.05) is 31.3 Å². The molecule has 0 atom stereocenters. The summed E-state index contributed by atoms with van der Waals surface area (Å²) in [7, 11) is 1.83. The molecule has 0 unspecified atom stereocenters. The van der Waals surface area contributed by atoms with Crippen LogP contribution in [0.4, 0.5) is 0 Å². The fourth-order valence-electron chi connectivity index (χ4n) is 2.70. The molecule has 0 N–H and O–H groups in total. The molecule has 1 heterocycles. The monoisotopic (exact) mass is 373 g/mol. The number of carbonyl (C=O) groups is 2. The van der Waals surface area contributed by atoms with E-state index >= 15 is 0 Å². The Morgan fingerprint density at radius 2 is 1.85 bits per heavy atom. The van der Waals surface area contributed by atoms with Gasteiger partial charge < -0.3 is 9.80 Å². The molecule has 2 aromatic rings. The number of thiazole rings is 1. The van der Waals surface area contributed by atoms with Gasteiger partial charge in [-0.3, -0.25) is 9.59 Å². The Bertz CT molecular complexity index is 781. The zero-order chi connectivity index (χ0) is 19.3. The lowest BCUT2D eigenvalue weighted by atomic mass is 10.1. The number of ketones is 1. The van der Waals surface area contributed by atoms with Gasteiger partial charge in [-0.25, -0.2) is 4.98 Å². The Morgan fingerprint density at radius 1 is 1.15 bits per heavy atom. The molecule has 0 fully saturated rings. The smallest absolute Gasteiger partial charge is 0.265 e. The van der Waals surface area contributed by atoms with Crippen LogP contribution >= 0.6 is 11.3 Å². The molecule has 5 nitrogen and oxygen atoms in total. The highest BCUT2D eigenvalue weighted by Gasteiger charge is 2.20. The third-order valence-corrected chi connectivity index (χ3v) is 5.69. The number of Topliss-reactive ketones (excluding diaryl/α,β-unsaturated/α-hetero) is 1. The Kier molecular flexibility index (Phi) is 7.06. The van der Waals surface area contributed by atoms with E-state index < -0.39 is 0 Å². The minimum absolute atomic E-state index is 0.00105. The number of benzene rings is 1. The number of aryl methyl sites for hydroxylation is 1. The third-order valence-electron chi connectivity index (χ3n) is 4.50. The average Bonchev–Trinajstić information content (AvgIpc) is 3.03. The second-order valence-electron chi connectivity index (χ2n) is 6.32. The molecule has 1 amide bonds. The van der Waals surface area contributed by atoms with E-state index in [1.807, 2.05) is 32.2 Å². The second kappa shape index (κ2) is 9.05. The lowest BCUT2D eigenvalue weighted by molar-refractivity contribution is 0.0783. The standard InChI is InChI=1S/C20H27N3O2S/c1-6-23(7-2)12-11-22(5)20(25)18-14(3)21-19(26-18)17-10-8-9-16(13-17)15(4)24/h8-10,13H,6-7,11-12H2,1-5H3. The number of carbonyl (C=O) groups excluding carboxylic acids is 2. The molecule has 26 heavy (non-hydrogen) atoms. The maximum Gasteiger partial charge on any atom is 0.265 e. The zero-order valence-electron chi connectivity index (χ0n) is 16.2. The molecule has 2 rings (SSSR count). The van der Waals surface area contributed by atoms with Gasteiger partial charge in [0.1, 0.15) is 9.88 Å². The van der Waals surface area contributed by atoms with E-state index in [1.165, 1.54) is 11.3 Å². The summed E-state index contributed by atoms with van der Waals surface area (Å²) in [6.45, 7) is 11.2. The highest BCUT2D eigenvalue weighted by molar-refractivity contribution is 7.17. The zero-order valence-corrected chi connectivity index (χ0v) is 17.0. The van der Waals surface area contributed by atoms with Crippen LogP contribution in [0.5, 0.6) is 0 Å². The number of likely N-dealkylation sites (N-methyl/N-ethyl adjacent to an activating group) is 2. The lowest BCUT2D eigenvalue weighted by Crippen LogP contribution is -2.36. The summed E-state index contributed by atoms with van der Waals surface area (Å²) >= 11 is 1.39. The summed E-state index contributed by atoms with van der Waals surface area (Å²) in [5, 5.41) is 0.770. The Labute approximate surface area is 159 Å². The highest BCUT2D eigenvalue weighted by Crippen LogP contribution is 2.29. The quantitative estimate of drug-likeness (QED) is 0.662.